The van der Waals surface area contributed by atoms with Gasteiger partial charge in [-0.15, -0.1) is 0 Å². The van der Waals surface area contributed by atoms with Gasteiger partial charge in [-0.2, -0.15) is 0 Å². The first kappa shape index (κ1) is 21.6. The molecule has 170 valence electrons. The molecule has 6 nitrogen and oxygen atoms in total. The van der Waals surface area contributed by atoms with E-state index in [2.05, 4.69) is 9.97 Å². The lowest BCUT2D eigenvalue weighted by atomic mass is 9.87. The van der Waals surface area contributed by atoms with Gasteiger partial charge < -0.3 is 14.4 Å². The number of nitrogens with zero attached hydrogens (tertiary/aromatic N) is 3. The molecular weight excluding hydrogens is 426 g/mol. The van der Waals surface area contributed by atoms with Crippen LogP contribution in [-0.2, 0) is 6.42 Å². The average Bonchev–Trinajstić information content (AvgIpc) is 2.92. The lowest BCUT2D eigenvalue weighted by Crippen LogP contribution is -2.40. The fourth-order valence-corrected chi connectivity index (χ4v) is 4.50. The molecule has 6 heteroatoms. The van der Waals surface area contributed by atoms with E-state index in [9.17, 15) is 4.79 Å². The summed E-state index contributed by atoms with van der Waals surface area (Å²) >= 11 is 0. The van der Waals surface area contributed by atoms with Crippen molar-refractivity contribution in [1.29, 1.82) is 0 Å². The molecule has 0 N–H and O–H groups in total. The van der Waals surface area contributed by atoms with E-state index in [0.29, 0.717) is 35.9 Å². The number of carbonyl (C=O) groups is 1. The molecule has 0 saturated carbocycles. The molecule has 1 aliphatic heterocycles. The summed E-state index contributed by atoms with van der Waals surface area (Å²) in [6, 6.07) is 23.5. The molecule has 2 heterocycles. The third-order valence-electron chi connectivity index (χ3n) is 6.18. The molecule has 0 saturated heterocycles. The van der Waals surface area contributed by atoms with E-state index >= 15 is 0 Å². The Kier molecular flexibility index (Phi) is 5.95. The Bertz CT molecular complexity index is 1290. The van der Waals surface area contributed by atoms with Gasteiger partial charge in [-0.1, -0.05) is 60.7 Å². The van der Waals surface area contributed by atoms with Crippen molar-refractivity contribution in [2.75, 3.05) is 20.8 Å². The first-order valence-corrected chi connectivity index (χ1v) is 11.2. The number of rotatable bonds is 5. The van der Waals surface area contributed by atoms with Crippen molar-refractivity contribution in [3.63, 3.8) is 0 Å². The van der Waals surface area contributed by atoms with Gasteiger partial charge in [-0.25, -0.2) is 9.97 Å². The fraction of sp³-hybridized carbons (Fsp3) is 0.179. The molecule has 0 spiro atoms. The molecule has 0 radical (unpaired) electrons. The van der Waals surface area contributed by atoms with Gasteiger partial charge in [0.1, 0.15) is 0 Å². The fourth-order valence-electron chi connectivity index (χ4n) is 4.50. The topological polar surface area (TPSA) is 64.6 Å². The first-order valence-electron chi connectivity index (χ1n) is 11.2. The lowest BCUT2D eigenvalue weighted by Gasteiger charge is -2.38. The van der Waals surface area contributed by atoms with E-state index in [1.807, 2.05) is 77.7 Å². The van der Waals surface area contributed by atoms with Crippen LogP contribution in [0, 0.1) is 0 Å². The largest absolute Gasteiger partial charge is 0.493 e. The number of hydrogen-bond donors (Lipinski definition) is 0. The zero-order valence-electron chi connectivity index (χ0n) is 19.1. The van der Waals surface area contributed by atoms with Gasteiger partial charge in [0.2, 0.25) is 0 Å². The number of benzene rings is 3. The summed E-state index contributed by atoms with van der Waals surface area (Å²) < 4.78 is 11.1. The molecular formula is C28H25N3O3. The molecule has 0 aliphatic carbocycles. The van der Waals surface area contributed by atoms with Crippen LogP contribution in [0.25, 0.3) is 11.4 Å². The van der Waals surface area contributed by atoms with Crippen LogP contribution in [0.2, 0.25) is 0 Å². The van der Waals surface area contributed by atoms with E-state index in [4.69, 9.17) is 9.47 Å². The van der Waals surface area contributed by atoms with E-state index in [1.165, 1.54) is 0 Å². The average molecular weight is 452 g/mol. The first-order chi connectivity index (χ1) is 16.7. The lowest BCUT2D eigenvalue weighted by molar-refractivity contribution is 0.0693. The number of fused-ring (bicyclic) bond motifs is 1. The second kappa shape index (κ2) is 9.35. The summed E-state index contributed by atoms with van der Waals surface area (Å²) in [7, 11) is 3.26. The van der Waals surface area contributed by atoms with Crippen molar-refractivity contribution in [1.82, 2.24) is 14.9 Å². The van der Waals surface area contributed by atoms with Gasteiger partial charge in [-0.05, 0) is 35.2 Å². The molecule has 1 amide bonds. The number of carbonyl (C=O) groups excluding carboxylic acids is 1. The Morgan fingerprint density at radius 1 is 0.882 bits per heavy atom. The van der Waals surface area contributed by atoms with Crippen molar-refractivity contribution in [2.45, 2.75) is 12.5 Å². The van der Waals surface area contributed by atoms with Crippen LogP contribution in [-0.4, -0.2) is 41.5 Å². The van der Waals surface area contributed by atoms with Crippen LogP contribution < -0.4 is 9.47 Å². The molecule has 3 aromatic carbocycles. The normalized spacial score (nSPS) is 14.9. The summed E-state index contributed by atoms with van der Waals surface area (Å²) in [4.78, 5) is 24.5. The van der Waals surface area contributed by atoms with Crippen molar-refractivity contribution in [3.05, 3.63) is 107 Å². The zero-order chi connectivity index (χ0) is 23.5. The SMILES string of the molecule is COc1cc2c(cc1OC)C(c1ccccc1)N(C(=O)c1cnc(-c3ccccc3)nc1)CC2. The quantitative estimate of drug-likeness (QED) is 0.430. The molecule has 1 aliphatic rings. The van der Waals surface area contributed by atoms with Gasteiger partial charge in [0.15, 0.2) is 17.3 Å². The molecule has 1 aromatic heterocycles. The maximum atomic E-state index is 13.7. The molecule has 1 unspecified atom stereocenters. The van der Waals surface area contributed by atoms with Crippen LogP contribution >= 0.6 is 0 Å². The minimum atomic E-state index is -0.258. The van der Waals surface area contributed by atoms with E-state index in [-0.39, 0.29) is 11.9 Å². The highest BCUT2D eigenvalue weighted by molar-refractivity contribution is 5.94. The number of ether oxygens (including phenoxy) is 2. The molecule has 5 rings (SSSR count). The smallest absolute Gasteiger partial charge is 0.257 e. The van der Waals surface area contributed by atoms with Crippen LogP contribution in [0.1, 0.15) is 33.1 Å². The summed E-state index contributed by atoms with van der Waals surface area (Å²) in [5.74, 6) is 1.83. The molecule has 4 aromatic rings. The standard InChI is InChI=1S/C28H25N3O3/c1-33-24-15-21-13-14-31(26(19-9-5-3-6-10-19)23(21)16-25(24)34-2)28(32)22-17-29-27(30-18-22)20-11-7-4-8-12-20/h3-12,15-18,26H,13-14H2,1-2H3. The van der Waals surface area contributed by atoms with Crippen LogP contribution in [0.3, 0.4) is 0 Å². The van der Waals surface area contributed by atoms with E-state index in [1.54, 1.807) is 26.6 Å². The van der Waals surface area contributed by atoms with Gasteiger partial charge in [0, 0.05) is 24.5 Å². The molecule has 34 heavy (non-hydrogen) atoms. The zero-order valence-corrected chi connectivity index (χ0v) is 19.1. The van der Waals surface area contributed by atoms with Crippen LogP contribution in [0.4, 0.5) is 0 Å². The summed E-state index contributed by atoms with van der Waals surface area (Å²) in [6.07, 6.45) is 3.95. The third kappa shape index (κ3) is 3.99. The summed E-state index contributed by atoms with van der Waals surface area (Å²) in [5, 5.41) is 0. The Labute approximate surface area is 198 Å². The van der Waals surface area contributed by atoms with Crippen LogP contribution in [0.15, 0.2) is 85.2 Å². The Hall–Kier alpha value is -4.19. The highest BCUT2D eigenvalue weighted by Crippen LogP contribution is 2.41. The Morgan fingerprint density at radius 3 is 2.15 bits per heavy atom. The predicted octanol–water partition coefficient (Wildman–Crippen LogP) is 4.95. The third-order valence-corrected chi connectivity index (χ3v) is 6.18. The number of amides is 1. The van der Waals surface area contributed by atoms with Crippen molar-refractivity contribution < 1.29 is 14.3 Å². The highest BCUT2D eigenvalue weighted by atomic mass is 16.5. The minimum Gasteiger partial charge on any atom is -0.493 e. The van der Waals surface area contributed by atoms with Crippen molar-refractivity contribution >= 4 is 5.91 Å². The van der Waals surface area contributed by atoms with Gasteiger partial charge >= 0.3 is 0 Å². The molecule has 0 fully saturated rings. The number of methoxy groups -OCH3 is 2. The van der Waals surface area contributed by atoms with E-state index < -0.39 is 0 Å². The maximum Gasteiger partial charge on any atom is 0.257 e. The molecule has 0 bridgehead atoms. The number of hydrogen-bond acceptors (Lipinski definition) is 5. The van der Waals surface area contributed by atoms with Crippen molar-refractivity contribution in [3.8, 4) is 22.9 Å². The molecule has 1 atom stereocenters. The monoisotopic (exact) mass is 451 g/mol. The second-order valence-corrected chi connectivity index (χ2v) is 8.13. The Balaban J connectivity index is 1.53. The van der Waals surface area contributed by atoms with Gasteiger partial charge in [0.05, 0.1) is 25.8 Å². The second-order valence-electron chi connectivity index (χ2n) is 8.13. The van der Waals surface area contributed by atoms with Gasteiger partial charge in [-0.3, -0.25) is 4.79 Å². The van der Waals surface area contributed by atoms with Crippen molar-refractivity contribution in [2.24, 2.45) is 0 Å². The maximum absolute atomic E-state index is 13.7. The Morgan fingerprint density at radius 2 is 1.50 bits per heavy atom. The summed E-state index contributed by atoms with van der Waals surface area (Å²) in [6.45, 7) is 0.571. The van der Waals surface area contributed by atoms with Gasteiger partial charge in [0.25, 0.3) is 5.91 Å². The van der Waals surface area contributed by atoms with E-state index in [0.717, 1.165) is 22.3 Å². The summed E-state index contributed by atoms with van der Waals surface area (Å²) in [5.41, 5.74) is 4.59. The highest BCUT2D eigenvalue weighted by Gasteiger charge is 2.34. The number of aromatic nitrogens is 2. The van der Waals surface area contributed by atoms with Crippen LogP contribution in [0.5, 0.6) is 11.5 Å². The predicted molar refractivity (Wildman–Crippen MR) is 130 cm³/mol. The minimum absolute atomic E-state index is 0.103.